The fourth-order valence-corrected chi connectivity index (χ4v) is 6.92. The van der Waals surface area contributed by atoms with E-state index in [1.54, 1.807) is 11.8 Å². The van der Waals surface area contributed by atoms with Gasteiger partial charge in [0.15, 0.2) is 0 Å². The monoisotopic (exact) mass is 610 g/mol. The molecule has 1 heterocycles. The zero-order valence-electron chi connectivity index (χ0n) is 25.7. The molecule has 1 saturated heterocycles. The summed E-state index contributed by atoms with van der Waals surface area (Å²) in [5.74, 6) is 0. The van der Waals surface area contributed by atoms with E-state index in [0.717, 1.165) is 27.9 Å². The molecule has 0 spiro atoms. The van der Waals surface area contributed by atoms with Crippen LogP contribution >= 0.6 is 11.8 Å². The van der Waals surface area contributed by atoms with Crippen LogP contribution in [-0.2, 0) is 43.6 Å². The smallest absolute Gasteiger partial charge is 0.128 e. The molecule has 0 amide bonds. The summed E-state index contributed by atoms with van der Waals surface area (Å²) >= 11 is 1.69. The molecule has 5 nitrogen and oxygen atoms in total. The van der Waals surface area contributed by atoms with Gasteiger partial charge in [0.2, 0.25) is 0 Å². The molecule has 230 valence electrons. The van der Waals surface area contributed by atoms with Crippen LogP contribution in [-0.4, -0.2) is 42.6 Å². The van der Waals surface area contributed by atoms with E-state index < -0.39 is 29.8 Å². The number of carbonyl (C=O) groups is 1. The van der Waals surface area contributed by atoms with Gasteiger partial charge in [-0.2, -0.15) is 0 Å². The van der Waals surface area contributed by atoms with Crippen molar-refractivity contribution in [3.05, 3.63) is 138 Å². The first-order chi connectivity index (χ1) is 21.4. The Hall–Kier alpha value is -3.26. The molecule has 0 saturated carbocycles. The van der Waals surface area contributed by atoms with E-state index in [2.05, 4.69) is 55.5 Å². The van der Waals surface area contributed by atoms with Crippen molar-refractivity contribution >= 4 is 18.0 Å². The van der Waals surface area contributed by atoms with Crippen molar-refractivity contribution in [2.75, 3.05) is 6.61 Å². The number of thioether (sulfide) groups is 1. The third kappa shape index (κ3) is 8.68. The third-order valence-corrected chi connectivity index (χ3v) is 9.26. The molecule has 0 N–H and O–H groups in total. The number of aldehydes is 1. The highest BCUT2D eigenvalue weighted by atomic mass is 32.2. The molecule has 44 heavy (non-hydrogen) atoms. The van der Waals surface area contributed by atoms with E-state index in [0.29, 0.717) is 26.4 Å². The number of hydrogen-bond acceptors (Lipinski definition) is 6. The van der Waals surface area contributed by atoms with E-state index >= 15 is 0 Å². The zero-order chi connectivity index (χ0) is 30.8. The summed E-state index contributed by atoms with van der Waals surface area (Å²) in [5.41, 5.74) is 3.63. The Morgan fingerprint density at radius 1 is 0.705 bits per heavy atom. The fraction of sp³-hybridized carbons (Fsp3) is 0.342. The molecule has 0 radical (unpaired) electrons. The van der Waals surface area contributed by atoms with E-state index in [1.807, 2.05) is 80.6 Å². The topological polar surface area (TPSA) is 54.0 Å². The first-order valence-electron chi connectivity index (χ1n) is 15.2. The van der Waals surface area contributed by atoms with Crippen LogP contribution in [0.1, 0.15) is 36.1 Å². The van der Waals surface area contributed by atoms with E-state index in [1.165, 1.54) is 5.56 Å². The van der Waals surface area contributed by atoms with Crippen LogP contribution in [0.2, 0.25) is 0 Å². The molecule has 0 bridgehead atoms. The summed E-state index contributed by atoms with van der Waals surface area (Å²) in [6.45, 7) is 7.52. The number of carbonyl (C=O) groups excluding carboxylic acids is 1. The highest BCUT2D eigenvalue weighted by Gasteiger charge is 2.52. The number of ether oxygens (including phenoxy) is 4. The number of hydrogen-bond donors (Lipinski definition) is 0. The largest absolute Gasteiger partial charge is 0.374 e. The molecule has 1 aliphatic rings. The molecule has 1 aliphatic heterocycles. The molecule has 4 aromatic rings. The van der Waals surface area contributed by atoms with Gasteiger partial charge in [0.25, 0.3) is 0 Å². The Morgan fingerprint density at radius 3 is 1.73 bits per heavy atom. The van der Waals surface area contributed by atoms with Gasteiger partial charge in [0, 0.05) is 10.3 Å². The Morgan fingerprint density at radius 2 is 1.20 bits per heavy atom. The Labute approximate surface area is 265 Å². The van der Waals surface area contributed by atoms with Gasteiger partial charge in [-0.25, -0.2) is 0 Å². The van der Waals surface area contributed by atoms with Crippen LogP contribution in [0.4, 0.5) is 0 Å². The van der Waals surface area contributed by atoms with E-state index in [4.69, 9.17) is 18.9 Å². The van der Waals surface area contributed by atoms with Crippen molar-refractivity contribution in [2.45, 2.75) is 75.2 Å². The minimum absolute atomic E-state index is 0.229. The van der Waals surface area contributed by atoms with E-state index in [9.17, 15) is 4.79 Å². The SMILES string of the molecule is Cc1ccc(S[C@@H]2[C@@H](OCc3ccccc3)[C@@H](OCc3ccccc3)[C@@H](COCc3ccccc3)O[C@H]2C(C)(C)C=O)cc1. The van der Waals surface area contributed by atoms with Crippen molar-refractivity contribution in [1.82, 2.24) is 0 Å². The quantitative estimate of drug-likeness (QED) is 0.136. The predicted molar refractivity (Wildman–Crippen MR) is 175 cm³/mol. The molecule has 0 aromatic heterocycles. The van der Waals surface area contributed by atoms with Gasteiger partial charge >= 0.3 is 0 Å². The molecular weight excluding hydrogens is 568 g/mol. The maximum absolute atomic E-state index is 12.6. The van der Waals surface area contributed by atoms with Gasteiger partial charge in [-0.1, -0.05) is 123 Å². The highest BCUT2D eigenvalue weighted by molar-refractivity contribution is 8.00. The second kappa shape index (κ2) is 15.6. The first kappa shape index (κ1) is 32.1. The van der Waals surface area contributed by atoms with Gasteiger partial charge in [-0.05, 0) is 35.7 Å². The lowest BCUT2D eigenvalue weighted by Crippen LogP contribution is -2.62. The van der Waals surface area contributed by atoms with Crippen molar-refractivity contribution in [3.63, 3.8) is 0 Å². The van der Waals surface area contributed by atoms with Crippen LogP contribution in [0.15, 0.2) is 120 Å². The van der Waals surface area contributed by atoms with Crippen LogP contribution in [0.25, 0.3) is 0 Å². The van der Waals surface area contributed by atoms with Crippen molar-refractivity contribution < 1.29 is 23.7 Å². The molecule has 0 aliphatic carbocycles. The van der Waals surface area contributed by atoms with Crippen molar-refractivity contribution in [2.24, 2.45) is 5.41 Å². The Bertz CT molecular complexity index is 1410. The lowest BCUT2D eigenvalue weighted by atomic mass is 9.81. The van der Waals surface area contributed by atoms with E-state index in [-0.39, 0.29) is 5.25 Å². The summed E-state index contributed by atoms with van der Waals surface area (Å²) in [4.78, 5) is 13.6. The third-order valence-electron chi connectivity index (χ3n) is 7.93. The number of aryl methyl sites for hydroxylation is 1. The molecule has 0 unspecified atom stereocenters. The minimum atomic E-state index is -0.779. The lowest BCUT2D eigenvalue weighted by molar-refractivity contribution is -0.231. The Balaban J connectivity index is 1.49. The number of rotatable bonds is 14. The van der Waals surface area contributed by atoms with Gasteiger partial charge in [-0.15, -0.1) is 11.8 Å². The van der Waals surface area contributed by atoms with Gasteiger partial charge in [0.05, 0.1) is 37.8 Å². The van der Waals surface area contributed by atoms with Gasteiger partial charge < -0.3 is 23.7 Å². The molecule has 1 fully saturated rings. The maximum Gasteiger partial charge on any atom is 0.128 e. The van der Waals surface area contributed by atoms with Crippen LogP contribution in [0, 0.1) is 12.3 Å². The van der Waals surface area contributed by atoms with Crippen molar-refractivity contribution in [3.8, 4) is 0 Å². The van der Waals surface area contributed by atoms with Crippen LogP contribution in [0.3, 0.4) is 0 Å². The lowest BCUT2D eigenvalue weighted by Gasteiger charge is -2.49. The molecular formula is C38H42O5S. The van der Waals surface area contributed by atoms with Crippen LogP contribution < -0.4 is 0 Å². The summed E-state index contributed by atoms with van der Waals surface area (Å²) in [5, 5.41) is -0.229. The van der Waals surface area contributed by atoms with Gasteiger partial charge in [-0.3, -0.25) is 0 Å². The normalized spacial score (nSPS) is 22.0. The highest BCUT2D eigenvalue weighted by Crippen LogP contribution is 2.43. The van der Waals surface area contributed by atoms with Crippen LogP contribution in [0.5, 0.6) is 0 Å². The summed E-state index contributed by atoms with van der Waals surface area (Å²) < 4.78 is 26.7. The average Bonchev–Trinajstić information content (AvgIpc) is 3.06. The summed E-state index contributed by atoms with van der Waals surface area (Å²) in [7, 11) is 0. The molecule has 6 heteroatoms. The summed E-state index contributed by atoms with van der Waals surface area (Å²) in [6.07, 6.45) is -0.747. The first-order valence-corrected chi connectivity index (χ1v) is 16.1. The second-order valence-electron chi connectivity index (χ2n) is 12.0. The predicted octanol–water partition coefficient (Wildman–Crippen LogP) is 7.84. The zero-order valence-corrected chi connectivity index (χ0v) is 26.5. The molecule has 4 aromatic carbocycles. The Kier molecular flexibility index (Phi) is 11.4. The fourth-order valence-electron chi connectivity index (χ4n) is 5.41. The second-order valence-corrected chi connectivity index (χ2v) is 13.2. The molecule has 5 rings (SSSR count). The van der Waals surface area contributed by atoms with Crippen molar-refractivity contribution in [1.29, 1.82) is 0 Å². The maximum atomic E-state index is 12.6. The molecule has 5 atom stereocenters. The standard InChI is InChI=1S/C38H42O5S/c1-28-19-21-32(22-20-28)44-36-35(42-25-31-17-11-6-12-18-31)34(41-24-30-15-9-5-10-16-30)33(43-37(36)38(2,3)27-39)26-40-23-29-13-7-4-8-14-29/h4-22,27,33-37H,23-26H2,1-3H3/t33-,34+,35+,36-,37-/m1/s1. The number of benzene rings is 4. The average molecular weight is 611 g/mol. The summed E-state index contributed by atoms with van der Waals surface area (Å²) in [6, 6.07) is 38.8. The van der Waals surface area contributed by atoms with Gasteiger partial charge in [0.1, 0.15) is 24.6 Å². The minimum Gasteiger partial charge on any atom is -0.374 e.